The van der Waals surface area contributed by atoms with Gasteiger partial charge in [0.15, 0.2) is 0 Å². The van der Waals surface area contributed by atoms with E-state index in [1.807, 2.05) is 13.1 Å². The number of hydrogen-bond donors (Lipinski definition) is 1. The molecule has 4 nitrogen and oxygen atoms in total. The predicted molar refractivity (Wildman–Crippen MR) is 96.1 cm³/mol. The van der Waals surface area contributed by atoms with Gasteiger partial charge >= 0.3 is 0 Å². The highest BCUT2D eigenvalue weighted by Crippen LogP contribution is 2.24. The third-order valence-corrected chi connectivity index (χ3v) is 4.95. The van der Waals surface area contributed by atoms with E-state index in [0.717, 1.165) is 31.2 Å². The summed E-state index contributed by atoms with van der Waals surface area (Å²) < 4.78 is 5.86. The van der Waals surface area contributed by atoms with E-state index in [1.54, 1.807) is 11.3 Å². The second-order valence-corrected chi connectivity index (χ2v) is 7.56. The quantitative estimate of drug-likeness (QED) is 0.912. The van der Waals surface area contributed by atoms with Crippen LogP contribution in [0.1, 0.15) is 29.3 Å². The fraction of sp³-hybridized carbons (Fsp3) is 0.500. The molecule has 1 saturated heterocycles. The van der Waals surface area contributed by atoms with E-state index in [2.05, 4.69) is 53.3 Å². The first kappa shape index (κ1) is 16.4. The third kappa shape index (κ3) is 4.31. The molecule has 0 amide bonds. The van der Waals surface area contributed by atoms with Crippen LogP contribution < -0.4 is 10.2 Å². The molecule has 0 saturated carbocycles. The Hall–Kier alpha value is -1.43. The Bertz CT molecular complexity index is 633. The number of morpholine rings is 1. The number of thiazole rings is 1. The van der Waals surface area contributed by atoms with Crippen LogP contribution in [0.5, 0.6) is 0 Å². The first-order valence-electron chi connectivity index (χ1n) is 8.22. The first-order chi connectivity index (χ1) is 11.1. The van der Waals surface area contributed by atoms with Crippen LogP contribution >= 0.6 is 11.3 Å². The highest BCUT2D eigenvalue weighted by molar-refractivity contribution is 7.11. The highest BCUT2D eigenvalue weighted by atomic mass is 32.1. The van der Waals surface area contributed by atoms with Crippen molar-refractivity contribution in [1.82, 2.24) is 10.3 Å². The summed E-state index contributed by atoms with van der Waals surface area (Å²) in [5.41, 5.74) is 2.66. The minimum atomic E-state index is 0.278. The van der Waals surface area contributed by atoms with Crippen molar-refractivity contribution in [1.29, 1.82) is 0 Å². The normalized spacial score (nSPS) is 21.6. The van der Waals surface area contributed by atoms with Crippen LogP contribution in [0.2, 0.25) is 0 Å². The zero-order valence-electron chi connectivity index (χ0n) is 14.1. The number of benzene rings is 1. The molecule has 0 unspecified atom stereocenters. The van der Waals surface area contributed by atoms with E-state index in [0.29, 0.717) is 0 Å². The maximum Gasteiger partial charge on any atom is 0.0897 e. The van der Waals surface area contributed by atoms with E-state index in [4.69, 9.17) is 4.74 Å². The molecule has 124 valence electrons. The molecule has 1 fully saturated rings. The molecule has 1 aromatic carbocycles. The van der Waals surface area contributed by atoms with Crippen molar-refractivity contribution in [3.05, 3.63) is 45.9 Å². The third-order valence-electron chi connectivity index (χ3n) is 4.04. The van der Waals surface area contributed by atoms with Gasteiger partial charge < -0.3 is 15.0 Å². The number of ether oxygens (including phenoxy) is 1. The van der Waals surface area contributed by atoms with E-state index >= 15 is 0 Å². The van der Waals surface area contributed by atoms with Crippen molar-refractivity contribution >= 4 is 17.0 Å². The Labute approximate surface area is 142 Å². The van der Waals surface area contributed by atoms with Crippen LogP contribution in [-0.4, -0.2) is 30.3 Å². The average molecular weight is 331 g/mol. The summed E-state index contributed by atoms with van der Waals surface area (Å²) in [6.45, 7) is 9.99. The van der Waals surface area contributed by atoms with Crippen molar-refractivity contribution in [3.63, 3.8) is 0 Å². The molecular formula is C18H25N3OS. The SMILES string of the molecule is Cc1ncc(CNCc2ccccc2N2C[C@@H](C)O[C@H](C)C2)s1. The Balaban J connectivity index is 1.65. The van der Waals surface area contributed by atoms with Crippen molar-refractivity contribution in [2.24, 2.45) is 0 Å². The minimum absolute atomic E-state index is 0.278. The monoisotopic (exact) mass is 331 g/mol. The van der Waals surface area contributed by atoms with E-state index in [9.17, 15) is 0 Å². The summed E-state index contributed by atoms with van der Waals surface area (Å²) >= 11 is 1.76. The van der Waals surface area contributed by atoms with Crippen LogP contribution in [0, 0.1) is 6.92 Å². The summed E-state index contributed by atoms with van der Waals surface area (Å²) in [5.74, 6) is 0. The number of para-hydroxylation sites is 1. The lowest BCUT2D eigenvalue weighted by atomic mass is 10.1. The fourth-order valence-corrected chi connectivity index (χ4v) is 3.92. The number of hydrogen-bond acceptors (Lipinski definition) is 5. The Kier molecular flexibility index (Phi) is 5.30. The highest BCUT2D eigenvalue weighted by Gasteiger charge is 2.23. The minimum Gasteiger partial charge on any atom is -0.372 e. The largest absolute Gasteiger partial charge is 0.372 e. The molecule has 0 radical (unpaired) electrons. The second kappa shape index (κ2) is 7.43. The molecule has 3 rings (SSSR count). The molecule has 2 atom stereocenters. The number of aryl methyl sites for hydroxylation is 1. The maximum absolute atomic E-state index is 5.86. The molecule has 1 aliphatic heterocycles. The molecule has 1 aliphatic rings. The lowest BCUT2D eigenvalue weighted by Gasteiger charge is -2.37. The molecule has 5 heteroatoms. The van der Waals surface area contributed by atoms with Gasteiger partial charge in [0.05, 0.1) is 17.2 Å². The van der Waals surface area contributed by atoms with Crippen LogP contribution in [0.4, 0.5) is 5.69 Å². The summed E-state index contributed by atoms with van der Waals surface area (Å²) in [6.07, 6.45) is 2.52. The van der Waals surface area contributed by atoms with Crippen molar-refractivity contribution in [2.75, 3.05) is 18.0 Å². The summed E-state index contributed by atoms with van der Waals surface area (Å²) in [5, 5.41) is 4.67. The molecule has 2 aromatic rings. The Morgan fingerprint density at radius 3 is 2.65 bits per heavy atom. The lowest BCUT2D eigenvalue weighted by Crippen LogP contribution is -2.46. The van der Waals surface area contributed by atoms with Gasteiger partial charge in [-0.2, -0.15) is 0 Å². The van der Waals surface area contributed by atoms with Gasteiger partial charge in [0.25, 0.3) is 0 Å². The molecule has 0 aliphatic carbocycles. The van der Waals surface area contributed by atoms with Crippen molar-refractivity contribution in [2.45, 2.75) is 46.1 Å². The maximum atomic E-state index is 5.86. The number of anilines is 1. The van der Waals surface area contributed by atoms with Crippen LogP contribution in [0.3, 0.4) is 0 Å². The van der Waals surface area contributed by atoms with E-state index in [-0.39, 0.29) is 12.2 Å². The molecule has 23 heavy (non-hydrogen) atoms. The Morgan fingerprint density at radius 2 is 1.96 bits per heavy atom. The lowest BCUT2D eigenvalue weighted by molar-refractivity contribution is -0.00526. The van der Waals surface area contributed by atoms with Crippen molar-refractivity contribution in [3.8, 4) is 0 Å². The van der Waals surface area contributed by atoms with Crippen LogP contribution in [0.15, 0.2) is 30.5 Å². The van der Waals surface area contributed by atoms with Gasteiger partial charge in [-0.15, -0.1) is 11.3 Å². The molecule has 1 aromatic heterocycles. The number of nitrogens with one attached hydrogen (secondary N) is 1. The molecular weight excluding hydrogens is 306 g/mol. The van der Waals surface area contributed by atoms with Gasteiger partial charge in [-0.05, 0) is 32.4 Å². The van der Waals surface area contributed by atoms with Crippen LogP contribution in [-0.2, 0) is 17.8 Å². The van der Waals surface area contributed by atoms with Gasteiger partial charge in [-0.1, -0.05) is 18.2 Å². The van der Waals surface area contributed by atoms with Gasteiger partial charge in [0.2, 0.25) is 0 Å². The Morgan fingerprint density at radius 1 is 1.22 bits per heavy atom. The summed E-state index contributed by atoms with van der Waals surface area (Å²) in [4.78, 5) is 8.04. The smallest absolute Gasteiger partial charge is 0.0897 e. The summed E-state index contributed by atoms with van der Waals surface area (Å²) in [7, 11) is 0. The zero-order valence-corrected chi connectivity index (χ0v) is 14.9. The number of rotatable bonds is 5. The van der Waals surface area contributed by atoms with E-state index in [1.165, 1.54) is 16.1 Å². The number of aromatic nitrogens is 1. The fourth-order valence-electron chi connectivity index (χ4n) is 3.15. The zero-order chi connectivity index (χ0) is 16.2. The van der Waals surface area contributed by atoms with Gasteiger partial charge in [-0.25, -0.2) is 4.98 Å². The van der Waals surface area contributed by atoms with Crippen molar-refractivity contribution < 1.29 is 4.74 Å². The van der Waals surface area contributed by atoms with Gasteiger partial charge in [0, 0.05) is 42.9 Å². The standard InChI is InChI=1S/C18H25N3OS/c1-13-11-21(12-14(2)22-13)18-7-5-4-6-16(18)8-19-9-17-10-20-15(3)23-17/h4-7,10,13-14,19H,8-9,11-12H2,1-3H3/t13-,14-/m1/s1. The topological polar surface area (TPSA) is 37.4 Å². The molecule has 2 heterocycles. The van der Waals surface area contributed by atoms with Crippen LogP contribution in [0.25, 0.3) is 0 Å². The first-order valence-corrected chi connectivity index (χ1v) is 9.04. The summed E-state index contributed by atoms with van der Waals surface area (Å²) in [6, 6.07) is 8.67. The van der Waals surface area contributed by atoms with E-state index < -0.39 is 0 Å². The molecule has 1 N–H and O–H groups in total. The molecule has 0 spiro atoms. The van der Waals surface area contributed by atoms with Gasteiger partial charge in [-0.3, -0.25) is 0 Å². The van der Waals surface area contributed by atoms with Gasteiger partial charge in [0.1, 0.15) is 0 Å². The average Bonchev–Trinajstić information content (AvgIpc) is 2.92. The second-order valence-electron chi connectivity index (χ2n) is 6.24. The molecule has 0 bridgehead atoms. The predicted octanol–water partition coefficient (Wildman–Crippen LogP) is 3.35. The number of nitrogens with zero attached hydrogens (tertiary/aromatic N) is 2.